The minimum Gasteiger partial charge on any atom is -0.331 e. The average Bonchev–Trinajstić information content (AvgIpc) is 2.95. The molecule has 2 amide bonds. The average molecular weight is 391 g/mol. The van der Waals surface area contributed by atoms with Gasteiger partial charge in [-0.1, -0.05) is 69.3 Å². The van der Waals surface area contributed by atoms with E-state index >= 15 is 0 Å². The largest absolute Gasteiger partial charge is 0.331 e. The SMILES string of the molecule is CC1(C)CC2CC(C)(CN2C(=O)C(=O)N(Cc2ccccc2)c2ccccc2)C1. The second-order valence-corrected chi connectivity index (χ2v) is 9.86. The fourth-order valence-electron chi connectivity index (χ4n) is 5.59. The van der Waals surface area contributed by atoms with Gasteiger partial charge in [0.05, 0.1) is 6.54 Å². The summed E-state index contributed by atoms with van der Waals surface area (Å²) in [6, 6.07) is 19.5. The first kappa shape index (κ1) is 19.7. The van der Waals surface area contributed by atoms with Crippen LogP contribution in [0.4, 0.5) is 5.69 Å². The summed E-state index contributed by atoms with van der Waals surface area (Å²) in [6.07, 6.45) is 3.06. The quantitative estimate of drug-likeness (QED) is 0.716. The van der Waals surface area contributed by atoms with Crippen molar-refractivity contribution in [1.82, 2.24) is 4.90 Å². The fraction of sp³-hybridized carbons (Fsp3) is 0.440. The van der Waals surface area contributed by atoms with Crippen LogP contribution in [0.15, 0.2) is 60.7 Å². The van der Waals surface area contributed by atoms with Crippen molar-refractivity contribution in [3.63, 3.8) is 0 Å². The van der Waals surface area contributed by atoms with Gasteiger partial charge in [-0.15, -0.1) is 0 Å². The molecular formula is C25H30N2O2. The van der Waals surface area contributed by atoms with Crippen LogP contribution in [-0.2, 0) is 16.1 Å². The van der Waals surface area contributed by atoms with Crippen molar-refractivity contribution in [2.75, 3.05) is 11.4 Å². The first-order chi connectivity index (χ1) is 13.8. The van der Waals surface area contributed by atoms with E-state index in [2.05, 4.69) is 20.8 Å². The Hall–Kier alpha value is -2.62. The maximum absolute atomic E-state index is 13.4. The predicted octanol–water partition coefficient (Wildman–Crippen LogP) is 4.65. The van der Waals surface area contributed by atoms with E-state index < -0.39 is 5.91 Å². The fourth-order valence-corrected chi connectivity index (χ4v) is 5.59. The molecule has 152 valence electrons. The van der Waals surface area contributed by atoms with Gasteiger partial charge in [0.25, 0.3) is 0 Å². The molecule has 2 fully saturated rings. The smallest absolute Gasteiger partial charge is 0.316 e. The number of benzene rings is 2. The number of fused-ring (bicyclic) bond motifs is 2. The second-order valence-electron chi connectivity index (χ2n) is 9.86. The molecule has 1 heterocycles. The summed E-state index contributed by atoms with van der Waals surface area (Å²) in [5.41, 5.74) is 2.08. The van der Waals surface area contributed by atoms with Gasteiger partial charge < -0.3 is 4.90 Å². The lowest BCUT2D eigenvalue weighted by molar-refractivity contribution is -0.145. The predicted molar refractivity (Wildman–Crippen MR) is 115 cm³/mol. The molecule has 1 saturated heterocycles. The van der Waals surface area contributed by atoms with Crippen molar-refractivity contribution < 1.29 is 9.59 Å². The van der Waals surface area contributed by atoms with E-state index in [1.807, 2.05) is 65.6 Å². The van der Waals surface area contributed by atoms with Gasteiger partial charge in [-0.2, -0.15) is 0 Å². The Balaban J connectivity index is 1.60. The van der Waals surface area contributed by atoms with E-state index in [1.54, 1.807) is 4.90 Å². The Morgan fingerprint density at radius 1 is 0.966 bits per heavy atom. The highest BCUT2D eigenvalue weighted by Gasteiger charge is 2.52. The summed E-state index contributed by atoms with van der Waals surface area (Å²) >= 11 is 0. The highest BCUT2D eigenvalue weighted by Crippen LogP contribution is 2.52. The van der Waals surface area contributed by atoms with Crippen LogP contribution in [0.3, 0.4) is 0 Å². The van der Waals surface area contributed by atoms with E-state index in [0.29, 0.717) is 13.1 Å². The molecule has 29 heavy (non-hydrogen) atoms. The molecule has 0 spiro atoms. The number of hydrogen-bond acceptors (Lipinski definition) is 2. The monoisotopic (exact) mass is 390 g/mol. The van der Waals surface area contributed by atoms with E-state index in [4.69, 9.17) is 0 Å². The molecule has 2 aromatic rings. The van der Waals surface area contributed by atoms with Crippen LogP contribution in [0.2, 0.25) is 0 Å². The molecule has 2 unspecified atom stereocenters. The Labute approximate surface area is 173 Å². The molecule has 0 aromatic heterocycles. The minimum atomic E-state index is -0.436. The van der Waals surface area contributed by atoms with Gasteiger partial charge in [0.1, 0.15) is 0 Å². The third-order valence-electron chi connectivity index (χ3n) is 6.36. The molecule has 2 atom stereocenters. The Kier molecular flexibility index (Phi) is 4.97. The number of nitrogens with zero attached hydrogens (tertiary/aromatic N) is 2. The molecule has 2 aliphatic rings. The van der Waals surface area contributed by atoms with Crippen molar-refractivity contribution >= 4 is 17.5 Å². The lowest BCUT2D eigenvalue weighted by Gasteiger charge is -2.39. The molecule has 1 aliphatic carbocycles. The van der Waals surface area contributed by atoms with Crippen LogP contribution in [0.25, 0.3) is 0 Å². The molecule has 4 nitrogen and oxygen atoms in total. The number of rotatable bonds is 3. The zero-order valence-electron chi connectivity index (χ0n) is 17.6. The van der Waals surface area contributed by atoms with E-state index in [1.165, 1.54) is 0 Å². The normalized spacial score (nSPS) is 24.9. The highest BCUT2D eigenvalue weighted by molar-refractivity contribution is 6.40. The molecule has 2 bridgehead atoms. The van der Waals surface area contributed by atoms with Gasteiger partial charge in [0.15, 0.2) is 0 Å². The van der Waals surface area contributed by atoms with Crippen LogP contribution < -0.4 is 4.90 Å². The van der Waals surface area contributed by atoms with Crippen molar-refractivity contribution in [2.45, 2.75) is 52.6 Å². The van der Waals surface area contributed by atoms with Crippen molar-refractivity contribution in [3.05, 3.63) is 66.2 Å². The van der Waals surface area contributed by atoms with Gasteiger partial charge in [-0.3, -0.25) is 14.5 Å². The number of carbonyl (C=O) groups excluding carboxylic acids is 2. The van der Waals surface area contributed by atoms with Gasteiger partial charge in [-0.25, -0.2) is 0 Å². The summed E-state index contributed by atoms with van der Waals surface area (Å²) in [5, 5.41) is 0. The number of likely N-dealkylation sites (tertiary alicyclic amines) is 1. The highest BCUT2D eigenvalue weighted by atomic mass is 16.2. The molecule has 1 aliphatic heterocycles. The molecule has 0 radical (unpaired) electrons. The number of carbonyl (C=O) groups is 2. The summed E-state index contributed by atoms with van der Waals surface area (Å²) in [5.74, 6) is -0.801. The van der Waals surface area contributed by atoms with Crippen molar-refractivity contribution in [1.29, 1.82) is 0 Å². The standard InChI is InChI=1S/C25H30N2O2/c1-24(2)14-21-15-25(3,17-24)18-27(21)23(29)22(28)26(20-12-8-5-9-13-20)16-19-10-6-4-7-11-19/h4-13,21H,14-18H2,1-3H3. The lowest BCUT2D eigenvalue weighted by atomic mass is 9.65. The number of amides is 2. The van der Waals surface area contributed by atoms with Crippen LogP contribution >= 0.6 is 0 Å². The van der Waals surface area contributed by atoms with Crippen LogP contribution in [0, 0.1) is 10.8 Å². The number of anilines is 1. The summed E-state index contributed by atoms with van der Waals surface area (Å²) in [7, 11) is 0. The van der Waals surface area contributed by atoms with E-state index in [-0.39, 0.29) is 22.8 Å². The van der Waals surface area contributed by atoms with Gasteiger partial charge in [0, 0.05) is 18.3 Å². The van der Waals surface area contributed by atoms with Crippen LogP contribution in [0.5, 0.6) is 0 Å². The second kappa shape index (κ2) is 7.33. The Morgan fingerprint density at radius 2 is 1.59 bits per heavy atom. The number of para-hydroxylation sites is 1. The summed E-state index contributed by atoms with van der Waals surface area (Å²) in [6.45, 7) is 7.88. The maximum atomic E-state index is 13.4. The first-order valence-electron chi connectivity index (χ1n) is 10.5. The van der Waals surface area contributed by atoms with E-state index in [9.17, 15) is 9.59 Å². The molecule has 1 saturated carbocycles. The van der Waals surface area contributed by atoms with Crippen LogP contribution in [0.1, 0.15) is 45.6 Å². The summed E-state index contributed by atoms with van der Waals surface area (Å²) < 4.78 is 0. The zero-order chi connectivity index (χ0) is 20.6. The lowest BCUT2D eigenvalue weighted by Crippen LogP contribution is -2.47. The van der Waals surface area contributed by atoms with Gasteiger partial charge in [-0.05, 0) is 47.8 Å². The molecular weight excluding hydrogens is 360 g/mol. The Bertz CT molecular complexity index is 894. The van der Waals surface area contributed by atoms with Gasteiger partial charge >= 0.3 is 11.8 Å². The molecule has 4 rings (SSSR count). The Morgan fingerprint density at radius 3 is 2.24 bits per heavy atom. The first-order valence-corrected chi connectivity index (χ1v) is 10.5. The van der Waals surface area contributed by atoms with E-state index in [0.717, 1.165) is 30.5 Å². The van der Waals surface area contributed by atoms with Crippen molar-refractivity contribution in [2.24, 2.45) is 10.8 Å². The minimum absolute atomic E-state index is 0.110. The topological polar surface area (TPSA) is 40.6 Å². The van der Waals surface area contributed by atoms with Gasteiger partial charge in [0.2, 0.25) is 0 Å². The third-order valence-corrected chi connectivity index (χ3v) is 6.36. The van der Waals surface area contributed by atoms with Crippen molar-refractivity contribution in [3.8, 4) is 0 Å². The molecule has 4 heteroatoms. The summed E-state index contributed by atoms with van der Waals surface area (Å²) in [4.78, 5) is 30.3. The third kappa shape index (κ3) is 4.07. The molecule has 2 aromatic carbocycles. The zero-order valence-corrected chi connectivity index (χ0v) is 17.6. The maximum Gasteiger partial charge on any atom is 0.316 e. The van der Waals surface area contributed by atoms with Crippen LogP contribution in [-0.4, -0.2) is 29.3 Å². The molecule has 0 N–H and O–H groups in total. The number of hydrogen-bond donors (Lipinski definition) is 0.